The van der Waals surface area contributed by atoms with Gasteiger partial charge in [0.15, 0.2) is 17.1 Å². The van der Waals surface area contributed by atoms with Gasteiger partial charge in [0.05, 0.1) is 25.3 Å². The van der Waals surface area contributed by atoms with Gasteiger partial charge in [0.1, 0.15) is 23.8 Å². The van der Waals surface area contributed by atoms with Crippen LogP contribution in [0.25, 0.3) is 11.2 Å². The maximum Gasteiger partial charge on any atom is 0.354 e. The van der Waals surface area contributed by atoms with E-state index in [1.54, 1.807) is 18.2 Å². The molecule has 0 radical (unpaired) electrons. The monoisotopic (exact) mass is 530 g/mol. The predicted molar refractivity (Wildman–Crippen MR) is 139 cm³/mol. The number of nitrogens with zero attached hydrogens (tertiary/aromatic N) is 6. The second-order valence-electron chi connectivity index (χ2n) is 9.43. The quantitative estimate of drug-likeness (QED) is 0.359. The summed E-state index contributed by atoms with van der Waals surface area (Å²) in [5.74, 6) is 0.255. The van der Waals surface area contributed by atoms with Crippen molar-refractivity contribution >= 4 is 17.1 Å². The molecule has 4 aromatic rings. The Bertz CT molecular complexity index is 1570. The Hall–Kier alpha value is -4.56. The van der Waals surface area contributed by atoms with Crippen molar-refractivity contribution in [1.29, 1.82) is 5.26 Å². The summed E-state index contributed by atoms with van der Waals surface area (Å²) in [6.07, 6.45) is 1.80. The van der Waals surface area contributed by atoms with Crippen LogP contribution in [0.1, 0.15) is 51.9 Å². The van der Waals surface area contributed by atoms with Gasteiger partial charge in [0, 0.05) is 36.4 Å². The molecule has 1 aromatic carbocycles. The first kappa shape index (κ1) is 26.1. The molecule has 0 unspecified atom stereocenters. The maximum absolute atomic E-state index is 14.2. The molecule has 1 N–H and O–H groups in total. The van der Waals surface area contributed by atoms with Crippen molar-refractivity contribution in [2.24, 2.45) is 7.05 Å². The van der Waals surface area contributed by atoms with Gasteiger partial charge in [-0.25, -0.2) is 24.1 Å². The first-order valence-electron chi connectivity index (χ1n) is 12.5. The van der Waals surface area contributed by atoms with Crippen LogP contribution in [-0.4, -0.2) is 55.7 Å². The van der Waals surface area contributed by atoms with E-state index in [2.05, 4.69) is 14.9 Å². The lowest BCUT2D eigenvalue weighted by molar-refractivity contribution is 0.0690. The van der Waals surface area contributed by atoms with Crippen molar-refractivity contribution in [3.8, 4) is 17.7 Å². The maximum atomic E-state index is 14.2. The van der Waals surface area contributed by atoms with Crippen LogP contribution in [-0.2, 0) is 20.2 Å². The molecule has 1 saturated heterocycles. The third-order valence-corrected chi connectivity index (χ3v) is 7.00. The lowest BCUT2D eigenvalue weighted by Gasteiger charge is -2.31. The zero-order valence-corrected chi connectivity index (χ0v) is 21.6. The van der Waals surface area contributed by atoms with Gasteiger partial charge in [-0.3, -0.25) is 4.90 Å². The lowest BCUT2D eigenvalue weighted by Crippen LogP contribution is -2.33. The fourth-order valence-electron chi connectivity index (χ4n) is 4.78. The fraction of sp³-hybridized carbons (Fsp3) is 0.321. The van der Waals surface area contributed by atoms with Crippen molar-refractivity contribution in [2.75, 3.05) is 20.2 Å². The number of aryl methyl sites for hydroxylation is 1. The molecule has 3 aromatic heterocycles. The number of pyridine rings is 2. The van der Waals surface area contributed by atoms with Crippen LogP contribution in [0, 0.1) is 17.1 Å². The molecule has 0 spiro atoms. The number of ether oxygens (including phenoxy) is 2. The molecule has 1 aliphatic rings. The van der Waals surface area contributed by atoms with Gasteiger partial charge in [-0.05, 0) is 44.1 Å². The molecule has 0 bridgehead atoms. The van der Waals surface area contributed by atoms with Crippen LogP contribution in [0.15, 0.2) is 42.5 Å². The molecule has 1 aliphatic heterocycles. The summed E-state index contributed by atoms with van der Waals surface area (Å²) in [6, 6.07) is 13.3. The summed E-state index contributed by atoms with van der Waals surface area (Å²) in [7, 11) is 3.31. The summed E-state index contributed by atoms with van der Waals surface area (Å²) in [6.45, 7) is 2.29. The van der Waals surface area contributed by atoms with Crippen LogP contribution >= 0.6 is 0 Å². The number of halogens is 1. The molecule has 0 amide bonds. The second kappa shape index (κ2) is 11.0. The van der Waals surface area contributed by atoms with Crippen molar-refractivity contribution in [2.45, 2.75) is 31.9 Å². The van der Waals surface area contributed by atoms with E-state index in [4.69, 9.17) is 19.7 Å². The summed E-state index contributed by atoms with van der Waals surface area (Å²) in [4.78, 5) is 27.4. The minimum atomic E-state index is -1.12. The Labute approximate surface area is 224 Å². The number of hydrogen-bond donors (Lipinski definition) is 1. The number of imidazole rings is 1. The molecule has 0 atom stereocenters. The molecule has 4 heterocycles. The predicted octanol–water partition coefficient (Wildman–Crippen LogP) is 4.04. The highest BCUT2D eigenvalue weighted by Gasteiger charge is 2.24. The van der Waals surface area contributed by atoms with Gasteiger partial charge in [0.2, 0.25) is 5.88 Å². The smallest absolute Gasteiger partial charge is 0.354 e. The number of piperidine rings is 1. The molecule has 10 nitrogen and oxygen atoms in total. The van der Waals surface area contributed by atoms with Crippen molar-refractivity contribution in [3.05, 3.63) is 76.6 Å². The van der Waals surface area contributed by atoms with Crippen LogP contribution in [0.2, 0.25) is 0 Å². The number of carboxylic acids is 1. The normalized spacial score (nSPS) is 14.3. The number of rotatable bonds is 8. The minimum absolute atomic E-state index is 0.0259. The highest BCUT2D eigenvalue weighted by atomic mass is 19.1. The molecule has 200 valence electrons. The third-order valence-electron chi connectivity index (χ3n) is 7.00. The van der Waals surface area contributed by atoms with Crippen LogP contribution in [0.5, 0.6) is 11.6 Å². The van der Waals surface area contributed by atoms with E-state index >= 15 is 0 Å². The van der Waals surface area contributed by atoms with Crippen LogP contribution < -0.4 is 9.47 Å². The van der Waals surface area contributed by atoms with E-state index in [-0.39, 0.29) is 23.8 Å². The number of aromatic carboxylic acids is 1. The number of likely N-dealkylation sites (tertiary alicyclic amines) is 1. The molecule has 39 heavy (non-hydrogen) atoms. The third kappa shape index (κ3) is 5.51. The molecule has 0 saturated carbocycles. The largest absolute Gasteiger partial charge is 0.494 e. The molecule has 11 heteroatoms. The number of carbonyl (C=O) groups is 1. The number of nitriles is 1. The van der Waals surface area contributed by atoms with Crippen LogP contribution in [0.4, 0.5) is 4.39 Å². The average Bonchev–Trinajstić information content (AvgIpc) is 3.27. The molecule has 5 rings (SSSR count). The van der Waals surface area contributed by atoms with E-state index in [9.17, 15) is 14.3 Å². The standard InChI is InChI=1S/C28H27FN6O4/c1-34-24(33-26-23(38-2)13-22(28(36)37)32-27(26)34)15-35-10-8-18(9-11-35)21-4-3-5-25(31-21)39-16-19-7-6-17(14-30)12-20(19)29/h3-7,12-13,18H,8-11,15-16H2,1-2H3,(H,36,37). The van der Waals surface area contributed by atoms with E-state index in [1.165, 1.54) is 19.2 Å². The highest BCUT2D eigenvalue weighted by Crippen LogP contribution is 2.30. The average molecular weight is 531 g/mol. The summed E-state index contributed by atoms with van der Waals surface area (Å²) >= 11 is 0. The van der Waals surface area contributed by atoms with E-state index < -0.39 is 11.8 Å². The van der Waals surface area contributed by atoms with Crippen molar-refractivity contribution in [3.63, 3.8) is 0 Å². The summed E-state index contributed by atoms with van der Waals surface area (Å²) < 4.78 is 27.1. The minimum Gasteiger partial charge on any atom is -0.494 e. The Morgan fingerprint density at radius 1 is 1.18 bits per heavy atom. The summed E-state index contributed by atoms with van der Waals surface area (Å²) in [5, 5.41) is 18.3. The van der Waals surface area contributed by atoms with Crippen LogP contribution in [0.3, 0.4) is 0 Å². The topological polar surface area (TPSA) is 126 Å². The first-order chi connectivity index (χ1) is 18.9. The van der Waals surface area contributed by atoms with E-state index in [1.807, 2.05) is 29.8 Å². The SMILES string of the molecule is COc1cc(C(=O)O)nc2c1nc(CN1CCC(c3cccc(OCc4ccc(C#N)cc4F)n3)CC1)n2C. The summed E-state index contributed by atoms with van der Waals surface area (Å²) in [5.41, 5.74) is 2.49. The van der Waals surface area contributed by atoms with E-state index in [0.717, 1.165) is 37.4 Å². The molecular weight excluding hydrogens is 503 g/mol. The van der Waals surface area contributed by atoms with Gasteiger partial charge in [-0.1, -0.05) is 12.1 Å². The number of fused-ring (bicyclic) bond motifs is 1. The Kier molecular flexibility index (Phi) is 7.38. The van der Waals surface area contributed by atoms with Crippen molar-refractivity contribution < 1.29 is 23.8 Å². The van der Waals surface area contributed by atoms with E-state index in [0.29, 0.717) is 34.9 Å². The second-order valence-corrected chi connectivity index (χ2v) is 9.43. The van der Waals surface area contributed by atoms with Gasteiger partial charge >= 0.3 is 5.97 Å². The fourth-order valence-corrected chi connectivity index (χ4v) is 4.78. The Morgan fingerprint density at radius 2 is 1.97 bits per heavy atom. The molecule has 1 fully saturated rings. The number of carboxylic acid groups (broad SMARTS) is 1. The van der Waals surface area contributed by atoms with Gasteiger partial charge in [0.25, 0.3) is 0 Å². The van der Waals surface area contributed by atoms with Gasteiger partial charge < -0.3 is 19.1 Å². The Balaban J connectivity index is 1.22. The highest BCUT2D eigenvalue weighted by molar-refractivity contribution is 5.90. The number of methoxy groups -OCH3 is 1. The Morgan fingerprint density at radius 3 is 2.67 bits per heavy atom. The molecular formula is C28H27FN6O4. The molecule has 0 aliphatic carbocycles. The van der Waals surface area contributed by atoms with Gasteiger partial charge in [-0.15, -0.1) is 0 Å². The van der Waals surface area contributed by atoms with Gasteiger partial charge in [-0.2, -0.15) is 5.26 Å². The van der Waals surface area contributed by atoms with Crippen molar-refractivity contribution in [1.82, 2.24) is 24.4 Å². The zero-order valence-electron chi connectivity index (χ0n) is 21.6. The first-order valence-corrected chi connectivity index (χ1v) is 12.5. The number of benzene rings is 1. The number of aromatic nitrogens is 4. The number of hydrogen-bond acceptors (Lipinski definition) is 8. The lowest BCUT2D eigenvalue weighted by atomic mass is 9.93. The zero-order chi connectivity index (χ0) is 27.5.